The number of thiophene rings is 1. The molecular formula is C21H19ClN2O3S2. The Morgan fingerprint density at radius 3 is 2.69 bits per heavy atom. The molecule has 2 aromatic carbocycles. The number of benzene rings is 2. The Morgan fingerprint density at radius 1 is 1.10 bits per heavy atom. The molecule has 0 spiro atoms. The molecule has 4 rings (SSSR count). The molecule has 1 amide bonds. The van der Waals surface area contributed by atoms with Crippen LogP contribution in [0.3, 0.4) is 0 Å². The Balaban J connectivity index is 1.53. The highest BCUT2D eigenvalue weighted by molar-refractivity contribution is 7.89. The van der Waals surface area contributed by atoms with Crippen LogP contribution in [0.4, 0.5) is 0 Å². The molecule has 0 unspecified atom stereocenters. The number of carbonyl (C=O) groups excluding carboxylic acids is 1. The van der Waals surface area contributed by atoms with E-state index in [2.05, 4.69) is 5.32 Å². The number of fused-ring (bicyclic) bond motifs is 1. The van der Waals surface area contributed by atoms with Crippen molar-refractivity contribution in [1.29, 1.82) is 0 Å². The summed E-state index contributed by atoms with van der Waals surface area (Å²) in [7, 11) is -3.76. The van der Waals surface area contributed by atoms with Gasteiger partial charge >= 0.3 is 0 Å². The average Bonchev–Trinajstić information content (AvgIpc) is 3.23. The quantitative estimate of drug-likeness (QED) is 0.642. The summed E-state index contributed by atoms with van der Waals surface area (Å²) in [5.74, 6) is -0.407. The molecule has 3 aromatic rings. The van der Waals surface area contributed by atoms with E-state index in [1.54, 1.807) is 23.6 Å². The van der Waals surface area contributed by atoms with Gasteiger partial charge in [-0.15, -0.1) is 11.3 Å². The fourth-order valence-corrected chi connectivity index (χ4v) is 6.34. The number of amides is 1. The van der Waals surface area contributed by atoms with Crippen LogP contribution in [0.15, 0.2) is 64.9 Å². The maximum Gasteiger partial charge on any atom is 0.263 e. The normalized spacial score (nSPS) is 14.4. The number of sulfonamides is 1. The predicted octanol–water partition coefficient (Wildman–Crippen LogP) is 4.08. The lowest BCUT2D eigenvalue weighted by Crippen LogP contribution is -2.36. The molecule has 1 aromatic heterocycles. The molecule has 1 N–H and O–H groups in total. The number of nitrogens with one attached hydrogen (secondary N) is 1. The molecule has 0 radical (unpaired) electrons. The van der Waals surface area contributed by atoms with Gasteiger partial charge in [0.15, 0.2) is 0 Å². The molecule has 150 valence electrons. The van der Waals surface area contributed by atoms with Crippen LogP contribution in [0.1, 0.15) is 26.4 Å². The second-order valence-corrected chi connectivity index (χ2v) is 10.0. The minimum Gasteiger partial charge on any atom is -0.347 e. The van der Waals surface area contributed by atoms with Gasteiger partial charge in [0, 0.05) is 24.7 Å². The lowest BCUT2D eigenvalue weighted by atomic mass is 10.0. The Labute approximate surface area is 179 Å². The van der Waals surface area contributed by atoms with Gasteiger partial charge in [-0.3, -0.25) is 4.79 Å². The molecule has 0 saturated carbocycles. The Morgan fingerprint density at radius 2 is 1.90 bits per heavy atom. The first-order valence-electron chi connectivity index (χ1n) is 9.12. The fourth-order valence-electron chi connectivity index (χ4n) is 3.39. The predicted molar refractivity (Wildman–Crippen MR) is 115 cm³/mol. The molecule has 2 heterocycles. The van der Waals surface area contributed by atoms with Crippen molar-refractivity contribution in [3.8, 4) is 0 Å². The second kappa shape index (κ2) is 8.28. The summed E-state index contributed by atoms with van der Waals surface area (Å²) in [6.07, 6.45) is 0.663. The first-order valence-corrected chi connectivity index (χ1v) is 11.8. The Bertz CT molecular complexity index is 1160. The molecule has 29 heavy (non-hydrogen) atoms. The van der Waals surface area contributed by atoms with E-state index in [1.807, 2.05) is 30.3 Å². The van der Waals surface area contributed by atoms with Crippen LogP contribution >= 0.6 is 22.9 Å². The van der Waals surface area contributed by atoms with E-state index in [0.717, 1.165) is 22.5 Å². The molecular weight excluding hydrogens is 428 g/mol. The zero-order chi connectivity index (χ0) is 20.4. The Hall–Kier alpha value is -2.19. The summed E-state index contributed by atoms with van der Waals surface area (Å²) < 4.78 is 27.9. The number of nitrogens with zero attached hydrogens (tertiary/aromatic N) is 1. The van der Waals surface area contributed by atoms with Gasteiger partial charge in [0.2, 0.25) is 10.0 Å². The van der Waals surface area contributed by atoms with Crippen LogP contribution in [-0.4, -0.2) is 25.2 Å². The first-order chi connectivity index (χ1) is 13.9. The maximum absolute atomic E-state index is 13.2. The van der Waals surface area contributed by atoms with E-state index in [0.29, 0.717) is 24.5 Å². The van der Waals surface area contributed by atoms with Crippen LogP contribution < -0.4 is 5.32 Å². The zero-order valence-corrected chi connectivity index (χ0v) is 17.9. The van der Waals surface area contributed by atoms with Gasteiger partial charge in [-0.1, -0.05) is 48.0 Å². The third-order valence-corrected chi connectivity index (χ3v) is 8.06. The van der Waals surface area contributed by atoms with E-state index in [1.165, 1.54) is 15.9 Å². The third kappa shape index (κ3) is 4.23. The Kier molecular flexibility index (Phi) is 5.74. The number of carbonyl (C=O) groups is 1. The van der Waals surface area contributed by atoms with Gasteiger partial charge in [-0.25, -0.2) is 8.42 Å². The van der Waals surface area contributed by atoms with E-state index >= 15 is 0 Å². The van der Waals surface area contributed by atoms with Crippen molar-refractivity contribution >= 4 is 38.9 Å². The van der Waals surface area contributed by atoms with Crippen LogP contribution in [0.25, 0.3) is 0 Å². The van der Waals surface area contributed by atoms with Crippen molar-refractivity contribution in [1.82, 2.24) is 9.62 Å². The van der Waals surface area contributed by atoms with Gasteiger partial charge in [0.05, 0.1) is 0 Å². The van der Waals surface area contributed by atoms with Gasteiger partial charge in [0.25, 0.3) is 5.91 Å². The lowest BCUT2D eigenvalue weighted by Gasteiger charge is -2.28. The van der Waals surface area contributed by atoms with Crippen LogP contribution in [-0.2, 0) is 29.5 Å². The lowest BCUT2D eigenvalue weighted by molar-refractivity contribution is 0.0952. The number of hydrogen-bond donors (Lipinski definition) is 1. The minimum absolute atomic E-state index is 0.0606. The SMILES string of the molecule is O=C(NCc1cccc(Cl)c1)c1sccc1S(=O)(=O)N1CCc2ccccc2C1. The molecule has 0 aliphatic carbocycles. The van der Waals surface area contributed by atoms with Gasteiger partial charge in [-0.2, -0.15) is 4.31 Å². The number of halogens is 1. The topological polar surface area (TPSA) is 66.5 Å². The second-order valence-electron chi connectivity index (χ2n) is 6.78. The summed E-state index contributed by atoms with van der Waals surface area (Å²) >= 11 is 7.10. The van der Waals surface area contributed by atoms with E-state index < -0.39 is 15.9 Å². The fraction of sp³-hybridized carbons (Fsp3) is 0.190. The van der Waals surface area contributed by atoms with Crippen molar-refractivity contribution in [2.45, 2.75) is 24.4 Å². The highest BCUT2D eigenvalue weighted by Gasteiger charge is 2.32. The van der Waals surface area contributed by atoms with E-state index in [-0.39, 0.29) is 16.3 Å². The smallest absolute Gasteiger partial charge is 0.263 e. The van der Waals surface area contributed by atoms with Crippen LogP contribution in [0, 0.1) is 0 Å². The first kappa shape index (κ1) is 20.1. The highest BCUT2D eigenvalue weighted by atomic mass is 35.5. The van der Waals surface area contributed by atoms with Gasteiger partial charge in [0.1, 0.15) is 9.77 Å². The van der Waals surface area contributed by atoms with Crippen molar-refractivity contribution in [3.05, 3.63) is 86.6 Å². The molecule has 0 fully saturated rings. The standard InChI is InChI=1S/C21H19ClN2O3S2/c22-18-7-3-4-15(12-18)13-23-21(25)20-19(9-11-28-20)29(26,27)24-10-8-16-5-1-2-6-17(16)14-24/h1-7,9,11-12H,8,10,13-14H2,(H,23,25). The average molecular weight is 447 g/mol. The molecule has 1 aliphatic heterocycles. The minimum atomic E-state index is -3.76. The summed E-state index contributed by atoms with van der Waals surface area (Å²) in [5, 5.41) is 5.01. The monoisotopic (exact) mass is 446 g/mol. The van der Waals surface area contributed by atoms with E-state index in [9.17, 15) is 13.2 Å². The molecule has 5 nitrogen and oxygen atoms in total. The number of rotatable bonds is 5. The zero-order valence-electron chi connectivity index (χ0n) is 15.5. The van der Waals surface area contributed by atoms with Crippen LogP contribution in [0.5, 0.6) is 0 Å². The van der Waals surface area contributed by atoms with Gasteiger partial charge in [-0.05, 0) is 46.7 Å². The summed E-state index contributed by atoms with van der Waals surface area (Å²) in [6.45, 7) is 0.991. The largest absolute Gasteiger partial charge is 0.347 e. The molecule has 8 heteroatoms. The molecule has 0 saturated heterocycles. The number of hydrogen-bond acceptors (Lipinski definition) is 4. The summed E-state index contributed by atoms with van der Waals surface area (Å²) in [4.78, 5) is 13.0. The van der Waals surface area contributed by atoms with Crippen molar-refractivity contribution in [2.24, 2.45) is 0 Å². The van der Waals surface area contributed by atoms with Crippen molar-refractivity contribution < 1.29 is 13.2 Å². The molecule has 1 aliphatic rings. The van der Waals surface area contributed by atoms with E-state index in [4.69, 9.17) is 11.6 Å². The maximum atomic E-state index is 13.2. The molecule has 0 atom stereocenters. The highest BCUT2D eigenvalue weighted by Crippen LogP contribution is 2.29. The van der Waals surface area contributed by atoms with Crippen molar-refractivity contribution in [2.75, 3.05) is 6.54 Å². The molecule has 0 bridgehead atoms. The summed E-state index contributed by atoms with van der Waals surface area (Å²) in [5.41, 5.74) is 3.02. The summed E-state index contributed by atoms with van der Waals surface area (Å²) in [6, 6.07) is 16.5. The van der Waals surface area contributed by atoms with Crippen LogP contribution in [0.2, 0.25) is 5.02 Å². The third-order valence-electron chi connectivity index (χ3n) is 4.89. The van der Waals surface area contributed by atoms with Crippen molar-refractivity contribution in [3.63, 3.8) is 0 Å². The van der Waals surface area contributed by atoms with Gasteiger partial charge < -0.3 is 5.32 Å².